The molecule has 0 fully saturated rings. The quantitative estimate of drug-likeness (QED) is 0.708. The second-order valence-electron chi connectivity index (χ2n) is 2.30. The van der Waals surface area contributed by atoms with E-state index in [-0.39, 0.29) is 5.75 Å². The maximum absolute atomic E-state index is 9.11. The van der Waals surface area contributed by atoms with Crippen LogP contribution in [0.1, 0.15) is 5.56 Å². The van der Waals surface area contributed by atoms with Gasteiger partial charge in [-0.05, 0) is 23.8 Å². The van der Waals surface area contributed by atoms with Crippen molar-refractivity contribution in [3.63, 3.8) is 0 Å². The number of phenols is 1. The van der Waals surface area contributed by atoms with Gasteiger partial charge in [0.05, 0.1) is 7.11 Å². The van der Waals surface area contributed by atoms with E-state index in [9.17, 15) is 0 Å². The summed E-state index contributed by atoms with van der Waals surface area (Å²) < 4.78 is 0. The normalized spacial score (nSPS) is 10.2. The fourth-order valence-corrected chi connectivity index (χ4v) is 1.03. The van der Waals surface area contributed by atoms with Crippen molar-refractivity contribution in [2.75, 3.05) is 7.11 Å². The molecule has 0 spiro atoms. The van der Waals surface area contributed by atoms with E-state index in [4.69, 9.17) is 16.7 Å². The maximum atomic E-state index is 9.11. The van der Waals surface area contributed by atoms with Crippen LogP contribution < -0.4 is 5.48 Å². The summed E-state index contributed by atoms with van der Waals surface area (Å²) in [6, 6.07) is 4.77. The van der Waals surface area contributed by atoms with Crippen LogP contribution in [-0.4, -0.2) is 12.2 Å². The van der Waals surface area contributed by atoms with E-state index < -0.39 is 0 Å². The Morgan fingerprint density at radius 1 is 1.58 bits per heavy atom. The van der Waals surface area contributed by atoms with Gasteiger partial charge in [0.2, 0.25) is 0 Å². The molecule has 0 aliphatic rings. The van der Waals surface area contributed by atoms with Crippen LogP contribution >= 0.6 is 11.6 Å². The van der Waals surface area contributed by atoms with Crippen molar-refractivity contribution in [3.05, 3.63) is 28.8 Å². The predicted octanol–water partition coefficient (Wildman–Crippen LogP) is 1.70. The van der Waals surface area contributed by atoms with Crippen LogP contribution in [0.2, 0.25) is 5.02 Å². The molecule has 1 aromatic carbocycles. The molecule has 0 atom stereocenters. The fraction of sp³-hybridized carbons (Fsp3) is 0.250. The highest BCUT2D eigenvalue weighted by Crippen LogP contribution is 2.20. The molecule has 0 unspecified atom stereocenters. The van der Waals surface area contributed by atoms with Crippen LogP contribution in [0.3, 0.4) is 0 Å². The number of hydrogen-bond donors (Lipinski definition) is 2. The first-order valence-electron chi connectivity index (χ1n) is 3.47. The molecular weight excluding hydrogens is 178 g/mol. The number of aromatic hydroxyl groups is 1. The van der Waals surface area contributed by atoms with Gasteiger partial charge >= 0.3 is 0 Å². The van der Waals surface area contributed by atoms with Crippen LogP contribution in [0, 0.1) is 0 Å². The fourth-order valence-electron chi connectivity index (χ4n) is 0.847. The molecule has 2 N–H and O–H groups in total. The van der Waals surface area contributed by atoms with Gasteiger partial charge in [0.15, 0.2) is 0 Å². The van der Waals surface area contributed by atoms with Gasteiger partial charge in [-0.25, -0.2) is 0 Å². The van der Waals surface area contributed by atoms with Crippen LogP contribution in [0.25, 0.3) is 0 Å². The molecule has 0 radical (unpaired) electrons. The smallest absolute Gasteiger partial charge is 0.116 e. The topological polar surface area (TPSA) is 41.5 Å². The second kappa shape index (κ2) is 4.30. The highest BCUT2D eigenvalue weighted by Gasteiger charge is 2.00. The minimum Gasteiger partial charge on any atom is -0.508 e. The summed E-state index contributed by atoms with van der Waals surface area (Å²) in [5.41, 5.74) is 3.44. The third kappa shape index (κ3) is 2.37. The summed E-state index contributed by atoms with van der Waals surface area (Å²) in [7, 11) is 1.52. The SMILES string of the molecule is CONCc1cc(O)ccc1Cl. The van der Waals surface area contributed by atoms with Crippen LogP contribution in [0.4, 0.5) is 0 Å². The minimum atomic E-state index is 0.201. The molecule has 12 heavy (non-hydrogen) atoms. The molecule has 0 aliphatic carbocycles. The van der Waals surface area contributed by atoms with Gasteiger partial charge in [-0.15, -0.1) is 0 Å². The van der Waals surface area contributed by atoms with Gasteiger partial charge in [0, 0.05) is 11.6 Å². The summed E-state index contributed by atoms with van der Waals surface area (Å²) in [5, 5.41) is 9.72. The molecule has 66 valence electrons. The lowest BCUT2D eigenvalue weighted by atomic mass is 10.2. The Labute approximate surface area is 75.9 Å². The van der Waals surface area contributed by atoms with Gasteiger partial charge in [-0.1, -0.05) is 11.6 Å². The third-order valence-electron chi connectivity index (χ3n) is 1.44. The molecule has 3 nitrogen and oxygen atoms in total. The minimum absolute atomic E-state index is 0.201. The van der Waals surface area contributed by atoms with Crippen LogP contribution in [-0.2, 0) is 11.4 Å². The van der Waals surface area contributed by atoms with E-state index in [0.29, 0.717) is 11.6 Å². The maximum Gasteiger partial charge on any atom is 0.116 e. The number of hydrogen-bond acceptors (Lipinski definition) is 3. The van der Waals surface area contributed by atoms with Crippen molar-refractivity contribution >= 4 is 11.6 Å². The van der Waals surface area contributed by atoms with Crippen LogP contribution in [0.5, 0.6) is 5.75 Å². The first-order chi connectivity index (χ1) is 5.74. The summed E-state index contributed by atoms with van der Waals surface area (Å²) in [6.07, 6.45) is 0. The number of benzene rings is 1. The van der Waals surface area contributed by atoms with Crippen molar-refractivity contribution in [2.24, 2.45) is 0 Å². The van der Waals surface area contributed by atoms with Crippen LogP contribution in [0.15, 0.2) is 18.2 Å². The number of rotatable bonds is 3. The van der Waals surface area contributed by atoms with E-state index in [0.717, 1.165) is 5.56 Å². The summed E-state index contributed by atoms with van der Waals surface area (Å²) >= 11 is 5.83. The van der Waals surface area contributed by atoms with E-state index >= 15 is 0 Å². The molecule has 0 saturated heterocycles. The Hall–Kier alpha value is -0.770. The van der Waals surface area contributed by atoms with Gasteiger partial charge in [-0.3, -0.25) is 0 Å². The Morgan fingerprint density at radius 3 is 3.00 bits per heavy atom. The first kappa shape index (κ1) is 9.32. The lowest BCUT2D eigenvalue weighted by Crippen LogP contribution is -2.10. The zero-order valence-corrected chi connectivity index (χ0v) is 7.43. The summed E-state index contributed by atoms with van der Waals surface area (Å²) in [6.45, 7) is 0.476. The standard InChI is InChI=1S/C8H10ClNO2/c1-12-10-5-6-4-7(11)2-3-8(6)9/h2-4,10-11H,5H2,1H3. The lowest BCUT2D eigenvalue weighted by molar-refractivity contribution is 0.0867. The highest BCUT2D eigenvalue weighted by atomic mass is 35.5. The molecule has 0 aliphatic heterocycles. The lowest BCUT2D eigenvalue weighted by Gasteiger charge is -2.04. The van der Waals surface area contributed by atoms with E-state index in [1.807, 2.05) is 0 Å². The number of hydroxylamine groups is 1. The molecule has 4 heteroatoms. The van der Waals surface area contributed by atoms with Crippen molar-refractivity contribution in [2.45, 2.75) is 6.54 Å². The van der Waals surface area contributed by atoms with Gasteiger partial charge in [0.25, 0.3) is 0 Å². The molecule has 1 rings (SSSR count). The van der Waals surface area contributed by atoms with Crippen molar-refractivity contribution in [3.8, 4) is 5.75 Å². The highest BCUT2D eigenvalue weighted by molar-refractivity contribution is 6.31. The van der Waals surface area contributed by atoms with Gasteiger partial charge < -0.3 is 9.94 Å². The van der Waals surface area contributed by atoms with Crippen molar-refractivity contribution in [1.29, 1.82) is 0 Å². The van der Waals surface area contributed by atoms with Crippen molar-refractivity contribution < 1.29 is 9.94 Å². The summed E-state index contributed by atoms with van der Waals surface area (Å²) in [4.78, 5) is 4.65. The molecule has 0 bridgehead atoms. The summed E-state index contributed by atoms with van der Waals surface area (Å²) in [5.74, 6) is 0.201. The molecule has 0 aromatic heterocycles. The number of phenolic OH excluding ortho intramolecular Hbond substituents is 1. The van der Waals surface area contributed by atoms with E-state index in [1.54, 1.807) is 18.2 Å². The number of nitrogens with one attached hydrogen (secondary N) is 1. The Morgan fingerprint density at radius 2 is 2.33 bits per heavy atom. The van der Waals surface area contributed by atoms with E-state index in [2.05, 4.69) is 10.3 Å². The predicted molar refractivity (Wildman–Crippen MR) is 47.0 cm³/mol. The van der Waals surface area contributed by atoms with Gasteiger partial charge in [-0.2, -0.15) is 5.48 Å². The van der Waals surface area contributed by atoms with E-state index in [1.165, 1.54) is 7.11 Å². The monoisotopic (exact) mass is 187 g/mol. The average Bonchev–Trinajstić information content (AvgIpc) is 2.07. The Balaban J connectivity index is 2.75. The number of halogens is 1. The zero-order chi connectivity index (χ0) is 8.97. The van der Waals surface area contributed by atoms with Crippen molar-refractivity contribution in [1.82, 2.24) is 5.48 Å². The van der Waals surface area contributed by atoms with Gasteiger partial charge in [0.1, 0.15) is 5.75 Å². The molecule has 0 heterocycles. The average molecular weight is 188 g/mol. The molecule has 0 saturated carbocycles. The Kier molecular flexibility index (Phi) is 3.34. The first-order valence-corrected chi connectivity index (χ1v) is 3.85. The third-order valence-corrected chi connectivity index (χ3v) is 1.80. The second-order valence-corrected chi connectivity index (χ2v) is 2.71. The zero-order valence-electron chi connectivity index (χ0n) is 6.67. The molecule has 0 amide bonds. The molecular formula is C8H10ClNO2. The largest absolute Gasteiger partial charge is 0.508 e. The molecule has 1 aromatic rings. The Bertz CT molecular complexity index is 265.